The molecule has 3 heteroatoms. The van der Waals surface area contributed by atoms with Crippen molar-refractivity contribution in [3.63, 3.8) is 0 Å². The molecule has 0 aliphatic rings. The van der Waals surface area contributed by atoms with Crippen LogP contribution in [-0.2, 0) is 0 Å². The van der Waals surface area contributed by atoms with E-state index in [1.54, 1.807) is 0 Å². The molecule has 0 aromatic heterocycles. The third kappa shape index (κ3) is 4.80. The summed E-state index contributed by atoms with van der Waals surface area (Å²) < 4.78 is 12.8. The molecule has 0 bridgehead atoms. The van der Waals surface area contributed by atoms with Crippen LogP contribution in [0.1, 0.15) is 27.2 Å². The van der Waals surface area contributed by atoms with Crippen LogP contribution in [0, 0.1) is 5.41 Å². The minimum atomic E-state index is -1.92. The smallest absolute Gasteiger partial charge is 0.124 e. The number of halogens is 1. The van der Waals surface area contributed by atoms with E-state index < -0.39 is 12.2 Å². The molecule has 0 aromatic rings. The lowest BCUT2D eigenvalue weighted by atomic mass is 9.72. The van der Waals surface area contributed by atoms with Crippen molar-refractivity contribution >= 4 is 7.85 Å². The second kappa shape index (κ2) is 2.91. The normalized spacial score (nSPS) is 18.5. The maximum atomic E-state index is 12.8. The van der Waals surface area contributed by atoms with E-state index in [2.05, 4.69) is 0 Å². The molecule has 58 valence electrons. The van der Waals surface area contributed by atoms with Gasteiger partial charge in [-0.2, -0.15) is 0 Å². The van der Waals surface area contributed by atoms with Crippen molar-refractivity contribution in [2.75, 3.05) is 6.61 Å². The molecule has 0 heterocycles. The minimum absolute atomic E-state index is 0.174. The molecule has 0 saturated heterocycles. The summed E-state index contributed by atoms with van der Waals surface area (Å²) in [5.41, 5.74) is -2.09. The van der Waals surface area contributed by atoms with Gasteiger partial charge in [0.05, 0.1) is 12.2 Å². The Morgan fingerprint density at radius 1 is 1.40 bits per heavy atom. The lowest BCUT2D eigenvalue weighted by Gasteiger charge is -2.27. The molecule has 0 aromatic carbocycles. The first-order chi connectivity index (χ1) is 4.27. The lowest BCUT2D eigenvalue weighted by molar-refractivity contribution is 0.101. The molecule has 0 fully saturated rings. The molecule has 0 rings (SSSR count). The van der Waals surface area contributed by atoms with Gasteiger partial charge in [-0.25, -0.2) is 0 Å². The molecule has 0 aliphatic carbocycles. The van der Waals surface area contributed by atoms with Crippen molar-refractivity contribution in [2.24, 2.45) is 5.41 Å². The highest BCUT2D eigenvalue weighted by Crippen LogP contribution is 2.27. The number of rotatable bonds is 2. The van der Waals surface area contributed by atoms with Gasteiger partial charge in [0.15, 0.2) is 0 Å². The Labute approximate surface area is 63.0 Å². The summed E-state index contributed by atoms with van der Waals surface area (Å²) in [5.74, 6) is 0. The Kier molecular flexibility index (Phi) is 2.90. The van der Waals surface area contributed by atoms with Crippen LogP contribution in [0.15, 0.2) is 0 Å². The molecule has 0 amide bonds. The van der Waals surface area contributed by atoms with Crippen LogP contribution < -0.4 is 0 Å². The number of aliphatic hydroxyl groups excluding tert-OH is 1. The first-order valence-electron chi connectivity index (χ1n) is 3.35. The van der Waals surface area contributed by atoms with Crippen LogP contribution in [0.4, 0.5) is 4.39 Å². The molecule has 1 atom stereocenters. The van der Waals surface area contributed by atoms with Gasteiger partial charge in [0, 0.05) is 0 Å². The monoisotopic (exact) mass is 144 g/mol. The third-order valence-corrected chi connectivity index (χ3v) is 1.09. The average Bonchev–Trinajstić information content (AvgIpc) is 1.60. The van der Waals surface area contributed by atoms with E-state index in [1.165, 1.54) is 0 Å². The van der Waals surface area contributed by atoms with Crippen LogP contribution in [0.25, 0.3) is 0 Å². The van der Waals surface area contributed by atoms with E-state index in [-0.39, 0.29) is 11.8 Å². The molecule has 1 N–H and O–H groups in total. The van der Waals surface area contributed by atoms with E-state index in [9.17, 15) is 4.39 Å². The fraction of sp³-hybridized carbons (Fsp3) is 1.00. The molecular formula is C7H14BFO. The number of aliphatic hydroxyl groups is 1. The van der Waals surface area contributed by atoms with Gasteiger partial charge in [-0.05, 0) is 11.8 Å². The van der Waals surface area contributed by atoms with Crippen molar-refractivity contribution in [3.8, 4) is 0 Å². The Bertz CT molecular complexity index is 107. The van der Waals surface area contributed by atoms with Crippen molar-refractivity contribution in [3.05, 3.63) is 0 Å². The fourth-order valence-electron chi connectivity index (χ4n) is 0.938. The molecule has 2 radical (unpaired) electrons. The molecule has 0 spiro atoms. The predicted octanol–water partition coefficient (Wildman–Crippen LogP) is 1.25. The molecule has 10 heavy (non-hydrogen) atoms. The zero-order valence-electron chi connectivity index (χ0n) is 6.82. The standard InChI is InChI=1S/C7H14BFO/c1-6(2,3)4-7(8,9)5-10/h10H,4-5H2,1-3H3. The molecule has 0 aliphatic heterocycles. The van der Waals surface area contributed by atoms with E-state index >= 15 is 0 Å². The third-order valence-electron chi connectivity index (χ3n) is 1.09. The second-order valence-corrected chi connectivity index (χ2v) is 3.93. The minimum Gasteiger partial charge on any atom is -0.394 e. The topological polar surface area (TPSA) is 20.2 Å². The highest BCUT2D eigenvalue weighted by Gasteiger charge is 2.27. The maximum Gasteiger partial charge on any atom is 0.124 e. The van der Waals surface area contributed by atoms with E-state index in [1.807, 2.05) is 20.8 Å². The highest BCUT2D eigenvalue weighted by atomic mass is 19.1. The maximum absolute atomic E-state index is 12.8. The van der Waals surface area contributed by atoms with Crippen molar-refractivity contribution in [2.45, 2.75) is 32.8 Å². The summed E-state index contributed by atoms with van der Waals surface area (Å²) in [6, 6.07) is 0. The van der Waals surface area contributed by atoms with Gasteiger partial charge in [-0.1, -0.05) is 20.8 Å². The quantitative estimate of drug-likeness (QED) is 0.578. The molecular weight excluding hydrogens is 130 g/mol. The molecule has 1 unspecified atom stereocenters. The van der Waals surface area contributed by atoms with E-state index in [0.29, 0.717) is 0 Å². The number of hydrogen-bond acceptors (Lipinski definition) is 1. The fourth-order valence-corrected chi connectivity index (χ4v) is 0.938. The van der Waals surface area contributed by atoms with E-state index in [0.717, 1.165) is 0 Å². The van der Waals surface area contributed by atoms with Crippen LogP contribution in [0.3, 0.4) is 0 Å². The Morgan fingerprint density at radius 3 is 1.90 bits per heavy atom. The summed E-state index contributed by atoms with van der Waals surface area (Å²) in [7, 11) is 5.09. The van der Waals surface area contributed by atoms with Gasteiger partial charge in [0.1, 0.15) is 7.85 Å². The largest absolute Gasteiger partial charge is 0.394 e. The van der Waals surface area contributed by atoms with Gasteiger partial charge in [0.2, 0.25) is 0 Å². The van der Waals surface area contributed by atoms with E-state index in [4.69, 9.17) is 13.0 Å². The first kappa shape index (κ1) is 9.95. The van der Waals surface area contributed by atoms with Crippen LogP contribution >= 0.6 is 0 Å². The van der Waals surface area contributed by atoms with Gasteiger partial charge >= 0.3 is 0 Å². The van der Waals surface area contributed by atoms with Crippen molar-refractivity contribution in [1.82, 2.24) is 0 Å². The van der Waals surface area contributed by atoms with Gasteiger partial charge in [-0.3, -0.25) is 4.39 Å². The van der Waals surface area contributed by atoms with Gasteiger partial charge < -0.3 is 5.11 Å². The number of hydrogen-bond donors (Lipinski definition) is 1. The zero-order valence-corrected chi connectivity index (χ0v) is 6.82. The second-order valence-electron chi connectivity index (χ2n) is 3.93. The Balaban J connectivity index is 3.89. The van der Waals surface area contributed by atoms with Crippen molar-refractivity contribution < 1.29 is 9.50 Å². The van der Waals surface area contributed by atoms with Crippen LogP contribution in [0.5, 0.6) is 0 Å². The number of alkyl halides is 1. The predicted molar refractivity (Wildman–Crippen MR) is 40.8 cm³/mol. The summed E-state index contributed by atoms with van der Waals surface area (Å²) in [4.78, 5) is 0. The van der Waals surface area contributed by atoms with Crippen LogP contribution in [-0.4, -0.2) is 25.1 Å². The molecule has 0 saturated carbocycles. The summed E-state index contributed by atoms with van der Waals surface area (Å²) in [6.45, 7) is 5.03. The average molecular weight is 144 g/mol. The SMILES string of the molecule is [B]C(F)(CO)CC(C)(C)C. The summed E-state index contributed by atoms with van der Waals surface area (Å²) in [6.07, 6.45) is 0.177. The molecule has 1 nitrogen and oxygen atoms in total. The summed E-state index contributed by atoms with van der Waals surface area (Å²) >= 11 is 0. The Morgan fingerprint density at radius 2 is 1.80 bits per heavy atom. The van der Waals surface area contributed by atoms with Gasteiger partial charge in [0.25, 0.3) is 0 Å². The van der Waals surface area contributed by atoms with Crippen molar-refractivity contribution in [1.29, 1.82) is 0 Å². The first-order valence-corrected chi connectivity index (χ1v) is 3.35. The van der Waals surface area contributed by atoms with Gasteiger partial charge in [-0.15, -0.1) is 0 Å². The van der Waals surface area contributed by atoms with Crippen LogP contribution in [0.2, 0.25) is 0 Å². The Hall–Kier alpha value is -0.0451. The lowest BCUT2D eigenvalue weighted by Crippen LogP contribution is -2.33. The zero-order chi connectivity index (χ0) is 8.41. The highest BCUT2D eigenvalue weighted by molar-refractivity contribution is 6.14. The summed E-state index contributed by atoms with van der Waals surface area (Å²) in [5, 5.41) is 8.46.